The average molecular weight is 238 g/mol. The van der Waals surface area contributed by atoms with E-state index >= 15 is 0 Å². The highest BCUT2D eigenvalue weighted by Crippen LogP contribution is 2.12. The van der Waals surface area contributed by atoms with Crippen LogP contribution in [-0.2, 0) is 6.42 Å². The molecule has 1 N–H and O–H groups in total. The van der Waals surface area contributed by atoms with Gasteiger partial charge in [0.15, 0.2) is 0 Å². The summed E-state index contributed by atoms with van der Waals surface area (Å²) in [7, 11) is 0. The van der Waals surface area contributed by atoms with Gasteiger partial charge in [0.2, 0.25) is 0 Å². The minimum absolute atomic E-state index is 0.0783. The molecule has 0 saturated carbocycles. The summed E-state index contributed by atoms with van der Waals surface area (Å²) >= 11 is 0. The second-order valence-corrected chi connectivity index (χ2v) is 4.13. The lowest BCUT2D eigenvalue weighted by molar-refractivity contribution is 0.102. The number of rotatable bonds is 4. The van der Waals surface area contributed by atoms with Gasteiger partial charge in [0, 0.05) is 11.3 Å². The van der Waals surface area contributed by atoms with Crippen molar-refractivity contribution >= 4 is 11.6 Å². The quantitative estimate of drug-likeness (QED) is 0.864. The van der Waals surface area contributed by atoms with Gasteiger partial charge < -0.3 is 5.32 Å². The van der Waals surface area contributed by atoms with Crippen LogP contribution in [0.2, 0.25) is 0 Å². The molecule has 0 saturated heterocycles. The average Bonchev–Trinajstić information content (AvgIpc) is 2.42. The third kappa shape index (κ3) is 3.20. The molecule has 1 amide bonds. The number of benzene rings is 2. The topological polar surface area (TPSA) is 29.1 Å². The first-order valence-corrected chi connectivity index (χ1v) is 6.03. The van der Waals surface area contributed by atoms with E-state index in [9.17, 15) is 4.79 Å². The minimum atomic E-state index is -0.0783. The fourth-order valence-electron chi connectivity index (χ4n) is 1.75. The molecule has 0 spiro atoms. The number of hydrogen-bond acceptors (Lipinski definition) is 1. The van der Waals surface area contributed by atoms with E-state index in [4.69, 9.17) is 0 Å². The molecule has 91 valence electrons. The highest BCUT2D eigenvalue weighted by atomic mass is 16.1. The first-order chi connectivity index (χ1) is 8.79. The second kappa shape index (κ2) is 6.01. The Morgan fingerprint density at radius 2 is 1.72 bits per heavy atom. The molecule has 1 radical (unpaired) electrons. The van der Waals surface area contributed by atoms with Crippen LogP contribution in [0.4, 0.5) is 5.69 Å². The van der Waals surface area contributed by atoms with Gasteiger partial charge in [-0.15, -0.1) is 0 Å². The molecular formula is C16H16NO. The summed E-state index contributed by atoms with van der Waals surface area (Å²) in [5, 5.41) is 2.88. The highest BCUT2D eigenvalue weighted by molar-refractivity contribution is 6.04. The maximum Gasteiger partial charge on any atom is 0.255 e. The van der Waals surface area contributed by atoms with Crippen LogP contribution in [0.25, 0.3) is 0 Å². The number of hydrogen-bond donors (Lipinski definition) is 1. The summed E-state index contributed by atoms with van der Waals surface area (Å²) in [5.41, 5.74) is 2.74. The van der Waals surface area contributed by atoms with Gasteiger partial charge in [0.1, 0.15) is 0 Å². The molecular weight excluding hydrogens is 222 g/mol. The summed E-state index contributed by atoms with van der Waals surface area (Å²) < 4.78 is 0. The van der Waals surface area contributed by atoms with Crippen LogP contribution >= 0.6 is 0 Å². The second-order valence-electron chi connectivity index (χ2n) is 4.13. The Bertz CT molecular complexity index is 502. The minimum Gasteiger partial charge on any atom is -0.322 e. The van der Waals surface area contributed by atoms with Gasteiger partial charge in [0.05, 0.1) is 0 Å². The molecule has 2 aromatic rings. The van der Waals surface area contributed by atoms with Crippen molar-refractivity contribution in [3.8, 4) is 0 Å². The number of carbonyl (C=O) groups excluding carboxylic acids is 1. The zero-order chi connectivity index (χ0) is 12.8. The van der Waals surface area contributed by atoms with Gasteiger partial charge in [0.25, 0.3) is 5.91 Å². The SMILES string of the molecule is C[CH]Cc1ccc(NC(=O)c2ccccc2)cc1. The fraction of sp³-hybridized carbons (Fsp3) is 0.125. The lowest BCUT2D eigenvalue weighted by atomic mass is 10.1. The molecule has 0 bridgehead atoms. The maximum atomic E-state index is 11.9. The van der Waals surface area contributed by atoms with E-state index < -0.39 is 0 Å². The van der Waals surface area contributed by atoms with E-state index in [2.05, 4.69) is 11.7 Å². The molecule has 0 aliphatic carbocycles. The van der Waals surface area contributed by atoms with E-state index in [-0.39, 0.29) is 5.91 Å². The predicted octanol–water partition coefficient (Wildman–Crippen LogP) is 3.71. The van der Waals surface area contributed by atoms with Gasteiger partial charge in [-0.05, 0) is 42.7 Å². The predicted molar refractivity (Wildman–Crippen MR) is 74.5 cm³/mol. The molecule has 0 atom stereocenters. The molecule has 0 aliphatic heterocycles. The molecule has 2 rings (SSSR count). The van der Waals surface area contributed by atoms with Gasteiger partial charge in [-0.1, -0.05) is 37.3 Å². The van der Waals surface area contributed by atoms with E-state index in [1.807, 2.05) is 49.4 Å². The smallest absolute Gasteiger partial charge is 0.255 e. The first-order valence-electron chi connectivity index (χ1n) is 6.03. The van der Waals surface area contributed by atoms with Gasteiger partial charge in [-0.2, -0.15) is 0 Å². The van der Waals surface area contributed by atoms with Crippen LogP contribution in [0.15, 0.2) is 54.6 Å². The Hall–Kier alpha value is -2.09. The molecule has 2 aromatic carbocycles. The number of anilines is 1. The zero-order valence-corrected chi connectivity index (χ0v) is 10.4. The summed E-state index contributed by atoms with van der Waals surface area (Å²) in [5.74, 6) is -0.0783. The molecule has 0 aliphatic rings. The van der Waals surface area contributed by atoms with Gasteiger partial charge in [-0.25, -0.2) is 0 Å². The van der Waals surface area contributed by atoms with E-state index in [0.717, 1.165) is 12.1 Å². The Labute approximate surface area is 108 Å². The molecule has 2 nitrogen and oxygen atoms in total. The van der Waals surface area contributed by atoms with Crippen molar-refractivity contribution in [1.29, 1.82) is 0 Å². The Morgan fingerprint density at radius 1 is 1.06 bits per heavy atom. The van der Waals surface area contributed by atoms with Crippen LogP contribution in [0.3, 0.4) is 0 Å². The van der Waals surface area contributed by atoms with Crippen LogP contribution in [0.1, 0.15) is 22.8 Å². The molecule has 18 heavy (non-hydrogen) atoms. The Kier molecular flexibility index (Phi) is 4.13. The van der Waals surface area contributed by atoms with Crippen molar-refractivity contribution in [3.63, 3.8) is 0 Å². The summed E-state index contributed by atoms with van der Waals surface area (Å²) in [6.07, 6.45) is 3.06. The van der Waals surface area contributed by atoms with Crippen molar-refractivity contribution in [2.45, 2.75) is 13.3 Å². The van der Waals surface area contributed by atoms with E-state index in [1.165, 1.54) is 5.56 Å². The lowest BCUT2D eigenvalue weighted by Crippen LogP contribution is -2.11. The molecule has 2 heteroatoms. The van der Waals surface area contributed by atoms with Crippen molar-refractivity contribution in [3.05, 3.63) is 72.1 Å². The molecule has 0 aromatic heterocycles. The highest BCUT2D eigenvalue weighted by Gasteiger charge is 2.04. The van der Waals surface area contributed by atoms with Crippen molar-refractivity contribution in [2.24, 2.45) is 0 Å². The molecule has 0 unspecified atom stereocenters. The number of nitrogens with one attached hydrogen (secondary N) is 1. The van der Waals surface area contributed by atoms with Crippen molar-refractivity contribution in [1.82, 2.24) is 0 Å². The van der Waals surface area contributed by atoms with Crippen LogP contribution in [0, 0.1) is 6.42 Å². The van der Waals surface area contributed by atoms with Crippen LogP contribution in [0.5, 0.6) is 0 Å². The van der Waals surface area contributed by atoms with Crippen molar-refractivity contribution in [2.75, 3.05) is 5.32 Å². The van der Waals surface area contributed by atoms with E-state index in [0.29, 0.717) is 5.56 Å². The summed E-state index contributed by atoms with van der Waals surface area (Å²) in [6.45, 7) is 2.03. The Morgan fingerprint density at radius 3 is 2.33 bits per heavy atom. The maximum absolute atomic E-state index is 11.9. The van der Waals surface area contributed by atoms with Crippen molar-refractivity contribution < 1.29 is 4.79 Å². The molecule has 0 heterocycles. The first kappa shape index (κ1) is 12.4. The van der Waals surface area contributed by atoms with Gasteiger partial charge >= 0.3 is 0 Å². The Balaban J connectivity index is 2.03. The standard InChI is InChI=1S/C16H16NO/c1-2-6-13-9-11-15(12-10-13)17-16(18)14-7-4-3-5-8-14/h2-5,7-12H,6H2,1H3,(H,17,18). The monoisotopic (exact) mass is 238 g/mol. The third-order valence-electron chi connectivity index (χ3n) is 2.69. The van der Waals surface area contributed by atoms with Gasteiger partial charge in [-0.3, -0.25) is 4.79 Å². The van der Waals surface area contributed by atoms with Crippen LogP contribution < -0.4 is 5.32 Å². The van der Waals surface area contributed by atoms with E-state index in [1.54, 1.807) is 12.1 Å². The zero-order valence-electron chi connectivity index (χ0n) is 10.4. The lowest BCUT2D eigenvalue weighted by Gasteiger charge is -2.06. The normalized spacial score (nSPS) is 10.1. The third-order valence-corrected chi connectivity index (χ3v) is 2.69. The fourth-order valence-corrected chi connectivity index (χ4v) is 1.75. The van der Waals surface area contributed by atoms with Crippen LogP contribution in [-0.4, -0.2) is 5.91 Å². The summed E-state index contributed by atoms with van der Waals surface area (Å²) in [6, 6.07) is 17.1. The molecule has 0 fully saturated rings. The summed E-state index contributed by atoms with van der Waals surface area (Å²) in [4.78, 5) is 11.9. The largest absolute Gasteiger partial charge is 0.322 e. The number of amides is 1. The number of carbonyl (C=O) groups is 1.